The molecule has 1 aromatic heterocycles. The number of aromatic nitrogens is 1. The predicted molar refractivity (Wildman–Crippen MR) is 68.2 cm³/mol. The first-order valence-corrected chi connectivity index (χ1v) is 6.13. The average Bonchev–Trinajstić information content (AvgIpc) is 2.80. The highest BCUT2D eigenvalue weighted by Crippen LogP contribution is 2.21. The molecule has 3 rings (SSSR count). The minimum atomic E-state index is 0.412. The molecule has 0 saturated carbocycles. The topological polar surface area (TPSA) is 73.9 Å². The molecule has 0 spiro atoms. The Bertz CT molecular complexity index is 593. The highest BCUT2D eigenvalue weighted by atomic mass is 16.4. The molecule has 0 atom stereocenters. The smallest absolute Gasteiger partial charge is 0.295 e. The number of nitrogens with zero attached hydrogens (tertiary/aromatic N) is 2. The summed E-state index contributed by atoms with van der Waals surface area (Å²) in [6.07, 6.45) is 2.14. The molecule has 0 bridgehead atoms. The molecule has 0 amide bonds. The predicted octanol–water partition coefficient (Wildman–Crippen LogP) is 1.86. The van der Waals surface area contributed by atoms with E-state index in [-0.39, 0.29) is 0 Å². The molecule has 5 heteroatoms. The molecule has 92 valence electrons. The van der Waals surface area contributed by atoms with E-state index < -0.39 is 0 Å². The van der Waals surface area contributed by atoms with Crippen LogP contribution in [0.25, 0.3) is 11.1 Å². The van der Waals surface area contributed by atoms with E-state index in [1.165, 1.54) is 0 Å². The van der Waals surface area contributed by atoms with Crippen molar-refractivity contribution in [1.29, 1.82) is 5.26 Å². The van der Waals surface area contributed by atoms with Crippen LogP contribution in [0.5, 0.6) is 0 Å². The lowest BCUT2D eigenvalue weighted by molar-refractivity contribution is 0.466. The summed E-state index contributed by atoms with van der Waals surface area (Å²) in [6, 6.07) is 8.33. The van der Waals surface area contributed by atoms with Crippen molar-refractivity contribution in [2.45, 2.75) is 18.9 Å². The van der Waals surface area contributed by atoms with Crippen LogP contribution >= 0.6 is 0 Å². The molecule has 0 unspecified atom stereocenters. The van der Waals surface area contributed by atoms with Gasteiger partial charge in [0.25, 0.3) is 6.01 Å². The summed E-state index contributed by atoms with van der Waals surface area (Å²) in [6.45, 7) is 2.05. The van der Waals surface area contributed by atoms with Crippen LogP contribution in [-0.2, 0) is 0 Å². The maximum atomic E-state index is 8.83. The Morgan fingerprint density at radius 2 is 2.22 bits per heavy atom. The molecular formula is C13H14N4O. The lowest BCUT2D eigenvalue weighted by Crippen LogP contribution is -2.35. The van der Waals surface area contributed by atoms with Gasteiger partial charge in [0.1, 0.15) is 5.52 Å². The Balaban J connectivity index is 1.82. The van der Waals surface area contributed by atoms with Crippen LogP contribution in [-0.4, -0.2) is 24.1 Å². The first kappa shape index (κ1) is 11.1. The van der Waals surface area contributed by atoms with Crippen molar-refractivity contribution in [1.82, 2.24) is 10.3 Å². The monoisotopic (exact) mass is 242 g/mol. The van der Waals surface area contributed by atoms with Crippen LogP contribution in [0.1, 0.15) is 18.4 Å². The lowest BCUT2D eigenvalue weighted by Gasteiger charge is -2.22. The number of fused-ring (bicyclic) bond motifs is 1. The third kappa shape index (κ3) is 2.15. The maximum Gasteiger partial charge on any atom is 0.295 e. The molecule has 0 aliphatic carbocycles. The van der Waals surface area contributed by atoms with Gasteiger partial charge < -0.3 is 15.1 Å². The summed E-state index contributed by atoms with van der Waals surface area (Å²) >= 11 is 0. The van der Waals surface area contributed by atoms with Crippen molar-refractivity contribution < 1.29 is 4.42 Å². The first-order valence-electron chi connectivity index (χ1n) is 6.13. The Morgan fingerprint density at radius 1 is 1.39 bits per heavy atom. The van der Waals surface area contributed by atoms with Gasteiger partial charge in [-0.15, -0.1) is 0 Å². The number of oxazole rings is 1. The van der Waals surface area contributed by atoms with E-state index in [9.17, 15) is 0 Å². The van der Waals surface area contributed by atoms with Gasteiger partial charge in [-0.3, -0.25) is 0 Å². The van der Waals surface area contributed by atoms with Crippen molar-refractivity contribution in [3.8, 4) is 6.07 Å². The van der Waals surface area contributed by atoms with Gasteiger partial charge in [-0.2, -0.15) is 10.2 Å². The zero-order valence-corrected chi connectivity index (χ0v) is 9.94. The van der Waals surface area contributed by atoms with E-state index in [0.29, 0.717) is 23.2 Å². The first-order chi connectivity index (χ1) is 8.85. The van der Waals surface area contributed by atoms with Crippen LogP contribution < -0.4 is 10.6 Å². The third-order valence-electron chi connectivity index (χ3n) is 3.18. The Hall–Kier alpha value is -2.06. The quantitative estimate of drug-likeness (QED) is 0.840. The molecule has 5 nitrogen and oxygen atoms in total. The van der Waals surface area contributed by atoms with Crippen LogP contribution in [0.2, 0.25) is 0 Å². The number of hydrogen-bond donors (Lipinski definition) is 2. The van der Waals surface area contributed by atoms with Crippen LogP contribution in [0.15, 0.2) is 22.6 Å². The number of benzene rings is 1. The number of rotatable bonds is 2. The molecule has 1 fully saturated rings. The maximum absolute atomic E-state index is 8.83. The summed E-state index contributed by atoms with van der Waals surface area (Å²) in [5.74, 6) is 0. The highest BCUT2D eigenvalue weighted by molar-refractivity contribution is 5.76. The zero-order chi connectivity index (χ0) is 12.4. The van der Waals surface area contributed by atoms with E-state index in [1.54, 1.807) is 18.2 Å². The van der Waals surface area contributed by atoms with Gasteiger partial charge in [-0.05, 0) is 44.1 Å². The molecular weight excluding hydrogens is 228 g/mol. The van der Waals surface area contributed by atoms with Gasteiger partial charge in [0.05, 0.1) is 11.6 Å². The molecule has 1 aliphatic rings. The number of nitriles is 1. The number of anilines is 1. The van der Waals surface area contributed by atoms with E-state index in [1.807, 2.05) is 0 Å². The Labute approximate surface area is 105 Å². The van der Waals surface area contributed by atoms with Crippen LogP contribution in [0.4, 0.5) is 6.01 Å². The number of piperidine rings is 1. The fourth-order valence-electron chi connectivity index (χ4n) is 2.20. The summed E-state index contributed by atoms with van der Waals surface area (Å²) < 4.78 is 5.62. The van der Waals surface area contributed by atoms with Gasteiger partial charge in [0, 0.05) is 6.04 Å². The Morgan fingerprint density at radius 3 is 3.00 bits per heavy atom. The summed E-state index contributed by atoms with van der Waals surface area (Å²) in [5.41, 5.74) is 2.04. The molecule has 2 heterocycles. The van der Waals surface area contributed by atoms with E-state index >= 15 is 0 Å². The summed E-state index contributed by atoms with van der Waals surface area (Å²) in [7, 11) is 0. The van der Waals surface area contributed by atoms with Crippen molar-refractivity contribution in [3.05, 3.63) is 23.8 Å². The van der Waals surface area contributed by atoms with Crippen molar-refractivity contribution >= 4 is 17.1 Å². The van der Waals surface area contributed by atoms with Crippen LogP contribution in [0, 0.1) is 11.3 Å². The molecule has 2 N–H and O–H groups in total. The summed E-state index contributed by atoms with van der Waals surface area (Å²) in [4.78, 5) is 4.37. The number of nitrogens with one attached hydrogen (secondary N) is 2. The fourth-order valence-corrected chi connectivity index (χ4v) is 2.20. The minimum Gasteiger partial charge on any atom is -0.424 e. The van der Waals surface area contributed by atoms with Crippen molar-refractivity contribution in [2.24, 2.45) is 0 Å². The second-order valence-electron chi connectivity index (χ2n) is 4.48. The fraction of sp³-hybridized carbons (Fsp3) is 0.385. The van der Waals surface area contributed by atoms with Gasteiger partial charge in [0.15, 0.2) is 5.58 Å². The number of hydrogen-bond acceptors (Lipinski definition) is 5. The van der Waals surface area contributed by atoms with Gasteiger partial charge in [0.2, 0.25) is 0 Å². The average molecular weight is 242 g/mol. The molecule has 1 aliphatic heterocycles. The van der Waals surface area contributed by atoms with Gasteiger partial charge >= 0.3 is 0 Å². The highest BCUT2D eigenvalue weighted by Gasteiger charge is 2.15. The van der Waals surface area contributed by atoms with E-state index in [2.05, 4.69) is 21.7 Å². The second kappa shape index (κ2) is 4.67. The minimum absolute atomic E-state index is 0.412. The van der Waals surface area contributed by atoms with Crippen molar-refractivity contribution in [2.75, 3.05) is 18.4 Å². The molecule has 0 radical (unpaired) electrons. The Kier molecular flexibility index (Phi) is 2.87. The van der Waals surface area contributed by atoms with Gasteiger partial charge in [-0.1, -0.05) is 0 Å². The molecule has 1 aromatic carbocycles. The SMILES string of the molecule is N#Cc1ccc2oc(NC3CCNCC3)nc2c1. The third-order valence-corrected chi connectivity index (χ3v) is 3.18. The zero-order valence-electron chi connectivity index (χ0n) is 9.94. The lowest BCUT2D eigenvalue weighted by atomic mass is 10.1. The van der Waals surface area contributed by atoms with Crippen molar-refractivity contribution in [3.63, 3.8) is 0 Å². The summed E-state index contributed by atoms with van der Waals surface area (Å²) in [5, 5.41) is 15.5. The van der Waals surface area contributed by atoms with E-state index in [0.717, 1.165) is 31.4 Å². The molecule has 2 aromatic rings. The van der Waals surface area contributed by atoms with Gasteiger partial charge in [-0.25, -0.2) is 0 Å². The second-order valence-corrected chi connectivity index (χ2v) is 4.48. The van der Waals surface area contributed by atoms with E-state index in [4.69, 9.17) is 9.68 Å². The largest absolute Gasteiger partial charge is 0.424 e. The molecule has 1 saturated heterocycles. The normalized spacial score (nSPS) is 16.6. The molecule has 18 heavy (non-hydrogen) atoms. The van der Waals surface area contributed by atoms with Crippen LogP contribution in [0.3, 0.4) is 0 Å². The standard InChI is InChI=1S/C13H14N4O/c14-8-9-1-2-12-11(7-9)17-13(18-12)16-10-3-5-15-6-4-10/h1-2,7,10,15H,3-6H2,(H,16,17).